The minimum absolute atomic E-state index is 0.752. The van der Waals surface area contributed by atoms with E-state index in [-0.39, 0.29) is 0 Å². The summed E-state index contributed by atoms with van der Waals surface area (Å²) in [6, 6.07) is 4.04. The molecule has 4 nitrogen and oxygen atoms in total. The van der Waals surface area contributed by atoms with Crippen LogP contribution in [0, 0.1) is 5.92 Å². The van der Waals surface area contributed by atoms with Gasteiger partial charge < -0.3 is 14.2 Å². The van der Waals surface area contributed by atoms with Crippen molar-refractivity contribution in [3.05, 3.63) is 23.9 Å². The summed E-state index contributed by atoms with van der Waals surface area (Å²) in [5, 5.41) is 4.90. The Morgan fingerprint density at radius 1 is 1.39 bits per heavy atom. The molecule has 3 rings (SSSR count). The topological polar surface area (TPSA) is 38.5 Å². The van der Waals surface area contributed by atoms with E-state index < -0.39 is 0 Å². The van der Waals surface area contributed by atoms with Gasteiger partial charge in [0.2, 0.25) is 0 Å². The fourth-order valence-electron chi connectivity index (χ4n) is 2.07. The SMILES string of the molecule is CN(C)Cc1c(OCC2CC2)ccc2cnoc12. The fraction of sp³-hybridized carbons (Fsp3) is 0.500. The van der Waals surface area contributed by atoms with Crippen LogP contribution >= 0.6 is 0 Å². The number of aromatic nitrogens is 1. The van der Waals surface area contributed by atoms with E-state index in [1.54, 1.807) is 6.20 Å². The Morgan fingerprint density at radius 3 is 2.94 bits per heavy atom. The smallest absolute Gasteiger partial charge is 0.175 e. The number of fused-ring (bicyclic) bond motifs is 1. The van der Waals surface area contributed by atoms with E-state index in [9.17, 15) is 0 Å². The zero-order chi connectivity index (χ0) is 12.5. The van der Waals surface area contributed by atoms with E-state index >= 15 is 0 Å². The predicted molar refractivity (Wildman–Crippen MR) is 69.6 cm³/mol. The van der Waals surface area contributed by atoms with Crippen LogP contribution in [0.25, 0.3) is 11.0 Å². The molecule has 0 bridgehead atoms. The molecule has 1 aliphatic carbocycles. The quantitative estimate of drug-likeness (QED) is 0.813. The van der Waals surface area contributed by atoms with Crippen molar-refractivity contribution in [2.24, 2.45) is 5.92 Å². The summed E-state index contributed by atoms with van der Waals surface area (Å²) in [6.45, 7) is 1.62. The molecule has 4 heteroatoms. The molecule has 1 aromatic carbocycles. The van der Waals surface area contributed by atoms with Crippen LogP contribution in [-0.4, -0.2) is 30.8 Å². The van der Waals surface area contributed by atoms with Crippen LogP contribution in [0.1, 0.15) is 18.4 Å². The fourth-order valence-corrected chi connectivity index (χ4v) is 2.07. The lowest BCUT2D eigenvalue weighted by Gasteiger charge is -2.14. The number of ether oxygens (including phenoxy) is 1. The number of hydrogen-bond donors (Lipinski definition) is 0. The molecule has 1 saturated carbocycles. The average molecular weight is 246 g/mol. The zero-order valence-electron chi connectivity index (χ0n) is 10.8. The Hall–Kier alpha value is -1.55. The highest BCUT2D eigenvalue weighted by Crippen LogP contribution is 2.33. The summed E-state index contributed by atoms with van der Waals surface area (Å²) >= 11 is 0. The minimum atomic E-state index is 0.752. The van der Waals surface area contributed by atoms with Crippen LogP contribution in [0.3, 0.4) is 0 Å². The molecule has 18 heavy (non-hydrogen) atoms. The third kappa shape index (κ3) is 2.34. The zero-order valence-corrected chi connectivity index (χ0v) is 10.8. The van der Waals surface area contributed by atoms with Gasteiger partial charge in [-0.1, -0.05) is 5.16 Å². The molecule has 0 amide bonds. The van der Waals surface area contributed by atoms with Crippen LogP contribution in [0.2, 0.25) is 0 Å². The third-order valence-corrected chi connectivity index (χ3v) is 3.23. The first-order valence-corrected chi connectivity index (χ1v) is 6.38. The molecule has 1 fully saturated rings. The highest BCUT2D eigenvalue weighted by molar-refractivity contribution is 5.81. The maximum atomic E-state index is 5.92. The Balaban J connectivity index is 1.93. The van der Waals surface area contributed by atoms with Gasteiger partial charge in [-0.15, -0.1) is 0 Å². The molecule has 0 unspecified atom stereocenters. The van der Waals surface area contributed by atoms with Gasteiger partial charge in [0.25, 0.3) is 0 Å². The van der Waals surface area contributed by atoms with E-state index in [0.29, 0.717) is 0 Å². The molecule has 0 atom stereocenters. The normalized spacial score (nSPS) is 15.5. The highest BCUT2D eigenvalue weighted by Gasteiger charge is 2.23. The van der Waals surface area contributed by atoms with Gasteiger partial charge in [0, 0.05) is 11.9 Å². The van der Waals surface area contributed by atoms with E-state index in [1.807, 2.05) is 26.2 Å². The molecule has 0 radical (unpaired) electrons. The van der Waals surface area contributed by atoms with Crippen LogP contribution in [-0.2, 0) is 6.54 Å². The molecular weight excluding hydrogens is 228 g/mol. The first kappa shape index (κ1) is 11.5. The summed E-state index contributed by atoms with van der Waals surface area (Å²) in [4.78, 5) is 2.11. The van der Waals surface area contributed by atoms with E-state index in [2.05, 4.69) is 10.1 Å². The van der Waals surface area contributed by atoms with Crippen LogP contribution in [0.4, 0.5) is 0 Å². The molecule has 2 aromatic rings. The summed E-state index contributed by atoms with van der Waals surface area (Å²) in [5.41, 5.74) is 1.94. The molecule has 1 heterocycles. The molecule has 0 spiro atoms. The molecule has 0 N–H and O–H groups in total. The van der Waals surface area contributed by atoms with E-state index in [1.165, 1.54) is 12.8 Å². The Morgan fingerprint density at radius 2 is 2.22 bits per heavy atom. The van der Waals surface area contributed by atoms with Crippen molar-refractivity contribution in [2.45, 2.75) is 19.4 Å². The maximum absolute atomic E-state index is 5.92. The average Bonchev–Trinajstić information content (AvgIpc) is 3.03. The van der Waals surface area contributed by atoms with Crippen molar-refractivity contribution >= 4 is 11.0 Å². The second kappa shape index (κ2) is 4.61. The summed E-state index contributed by atoms with van der Waals surface area (Å²) in [7, 11) is 4.08. The lowest BCUT2D eigenvalue weighted by molar-refractivity contribution is 0.290. The standard InChI is InChI=1S/C14H18N2O2/c1-16(2)8-12-13(17-9-10-3-4-10)6-5-11-7-15-18-14(11)12/h5-7,10H,3-4,8-9H2,1-2H3. The predicted octanol–water partition coefficient (Wildman–Crippen LogP) is 2.68. The number of benzene rings is 1. The van der Waals surface area contributed by atoms with Gasteiger partial charge in [-0.2, -0.15) is 0 Å². The van der Waals surface area contributed by atoms with Crippen molar-refractivity contribution in [1.82, 2.24) is 10.1 Å². The van der Waals surface area contributed by atoms with Crippen molar-refractivity contribution in [1.29, 1.82) is 0 Å². The minimum Gasteiger partial charge on any atom is -0.493 e. The monoisotopic (exact) mass is 246 g/mol. The highest BCUT2D eigenvalue weighted by atomic mass is 16.5. The van der Waals surface area contributed by atoms with Gasteiger partial charge in [0.05, 0.1) is 18.4 Å². The Kier molecular flexibility index (Phi) is 2.96. The maximum Gasteiger partial charge on any atom is 0.175 e. The molecule has 1 aliphatic rings. The first-order chi connectivity index (χ1) is 8.74. The molecule has 0 saturated heterocycles. The number of rotatable bonds is 5. The lowest BCUT2D eigenvalue weighted by atomic mass is 10.1. The van der Waals surface area contributed by atoms with Crippen LogP contribution < -0.4 is 4.74 Å². The Labute approximate surface area is 107 Å². The van der Waals surface area contributed by atoms with Gasteiger partial charge in [0.15, 0.2) is 5.58 Å². The molecule has 1 aromatic heterocycles. The van der Waals surface area contributed by atoms with Crippen molar-refractivity contribution in [2.75, 3.05) is 20.7 Å². The second-order valence-corrected chi connectivity index (χ2v) is 5.28. The molecular formula is C14H18N2O2. The lowest BCUT2D eigenvalue weighted by Crippen LogP contribution is -2.12. The van der Waals surface area contributed by atoms with Gasteiger partial charge >= 0.3 is 0 Å². The van der Waals surface area contributed by atoms with Gasteiger partial charge in [-0.05, 0) is 45.0 Å². The van der Waals surface area contributed by atoms with Crippen molar-refractivity contribution in [3.8, 4) is 5.75 Å². The number of hydrogen-bond acceptors (Lipinski definition) is 4. The summed E-state index contributed by atoms with van der Waals surface area (Å²) in [6.07, 6.45) is 4.35. The Bertz CT molecular complexity index is 544. The van der Waals surface area contributed by atoms with Crippen LogP contribution in [0.5, 0.6) is 5.75 Å². The molecule has 0 aliphatic heterocycles. The van der Waals surface area contributed by atoms with Crippen molar-refractivity contribution < 1.29 is 9.26 Å². The summed E-state index contributed by atoms with van der Waals surface area (Å²) in [5.74, 6) is 1.68. The van der Waals surface area contributed by atoms with Gasteiger partial charge in [-0.3, -0.25) is 0 Å². The van der Waals surface area contributed by atoms with Gasteiger partial charge in [-0.25, -0.2) is 0 Å². The van der Waals surface area contributed by atoms with Crippen molar-refractivity contribution in [3.63, 3.8) is 0 Å². The van der Waals surface area contributed by atoms with E-state index in [4.69, 9.17) is 9.26 Å². The second-order valence-electron chi connectivity index (χ2n) is 5.28. The van der Waals surface area contributed by atoms with E-state index in [0.717, 1.165) is 41.4 Å². The molecule has 96 valence electrons. The van der Waals surface area contributed by atoms with Gasteiger partial charge in [0.1, 0.15) is 5.75 Å². The third-order valence-electron chi connectivity index (χ3n) is 3.23. The number of nitrogens with zero attached hydrogens (tertiary/aromatic N) is 2. The first-order valence-electron chi connectivity index (χ1n) is 6.38. The van der Waals surface area contributed by atoms with Crippen LogP contribution in [0.15, 0.2) is 22.9 Å². The summed E-state index contributed by atoms with van der Waals surface area (Å²) < 4.78 is 11.3. The largest absolute Gasteiger partial charge is 0.493 e.